The van der Waals surface area contributed by atoms with Gasteiger partial charge in [0.05, 0.1) is 0 Å². The topological polar surface area (TPSA) is 0 Å². The summed E-state index contributed by atoms with van der Waals surface area (Å²) in [6.07, 6.45) is 3.96. The molecule has 0 saturated carbocycles. The zero-order valence-corrected chi connectivity index (χ0v) is 6.58. The Balaban J connectivity index is -0.0000000450. The van der Waals surface area contributed by atoms with Gasteiger partial charge in [-0.15, -0.1) is 0 Å². The maximum atomic E-state index is 3.31. The Bertz CT molecular complexity index is 28.5. The Morgan fingerprint density at radius 1 is 1.50 bits per heavy atom. The fraction of sp³-hybridized carbons (Fsp3) is 0. The van der Waals surface area contributed by atoms with Gasteiger partial charge in [-0.1, -0.05) is 0 Å². The van der Waals surface area contributed by atoms with Gasteiger partial charge in [0.25, 0.3) is 0 Å². The Hall–Kier alpha value is 0.726. The van der Waals surface area contributed by atoms with Crippen LogP contribution >= 0.6 is 0 Å². The van der Waals surface area contributed by atoms with Crippen molar-refractivity contribution in [2.75, 3.05) is 0 Å². The molecule has 0 heterocycles. The molecular formula is C4H5BrMg. The van der Waals surface area contributed by atoms with Crippen molar-refractivity contribution in [3.63, 3.8) is 0 Å². The fourth-order valence-electron chi connectivity index (χ4n) is 0. The van der Waals surface area contributed by atoms with Gasteiger partial charge in [0.15, 0.2) is 0 Å². The monoisotopic (exact) mass is 156 g/mol. The van der Waals surface area contributed by atoms with E-state index >= 15 is 0 Å². The van der Waals surface area contributed by atoms with E-state index in [0.717, 1.165) is 0 Å². The van der Waals surface area contributed by atoms with Crippen LogP contribution in [0.25, 0.3) is 0 Å². The second kappa shape index (κ2) is 17.2. The molecule has 0 saturated heterocycles. The van der Waals surface area contributed by atoms with E-state index in [-0.39, 0.29) is 40.0 Å². The zero-order chi connectivity index (χ0) is 3.41. The van der Waals surface area contributed by atoms with Crippen LogP contribution in [-0.4, -0.2) is 23.1 Å². The molecule has 0 aliphatic rings. The van der Waals surface area contributed by atoms with E-state index in [1.54, 1.807) is 0 Å². The average Bonchev–Trinajstić information content (AvgIpc) is 1.37. The normalized spacial score (nSPS) is 3.33. The molecule has 0 radical (unpaired) electrons. The molecule has 2 heteroatoms. The molecule has 6 heavy (non-hydrogen) atoms. The van der Waals surface area contributed by atoms with Crippen molar-refractivity contribution in [3.05, 3.63) is 25.3 Å². The van der Waals surface area contributed by atoms with Crippen LogP contribution in [0.15, 0.2) is 19.2 Å². The first-order valence-electron chi connectivity index (χ1n) is 1.05. The predicted octanol–water partition coefficient (Wildman–Crippen LogP) is -2.22. The van der Waals surface area contributed by atoms with Crippen molar-refractivity contribution in [3.8, 4) is 0 Å². The maximum absolute atomic E-state index is 3.31. The molecule has 0 spiro atoms. The fourth-order valence-corrected chi connectivity index (χ4v) is 0. The Labute approximate surface area is 65.2 Å². The number of allylic oxidation sites excluding steroid dienone is 2. The molecule has 0 aromatic rings. The van der Waals surface area contributed by atoms with Crippen molar-refractivity contribution < 1.29 is 17.0 Å². The first-order chi connectivity index (χ1) is 1.91. The van der Waals surface area contributed by atoms with E-state index in [2.05, 4.69) is 19.2 Å². The van der Waals surface area contributed by atoms with Crippen molar-refractivity contribution >= 4 is 23.1 Å². The third-order valence-electron chi connectivity index (χ3n) is 0.144. The minimum atomic E-state index is 0. The summed E-state index contributed by atoms with van der Waals surface area (Å²) in [6.45, 7) is 6.54. The van der Waals surface area contributed by atoms with E-state index in [1.165, 1.54) is 6.08 Å². The number of rotatable bonds is 1. The summed E-state index contributed by atoms with van der Waals surface area (Å²) in [6, 6.07) is 0. The van der Waals surface area contributed by atoms with Crippen LogP contribution in [0.4, 0.5) is 0 Å². The van der Waals surface area contributed by atoms with Crippen LogP contribution in [-0.2, 0) is 0 Å². The summed E-state index contributed by atoms with van der Waals surface area (Å²) in [5.41, 5.74) is 0. The van der Waals surface area contributed by atoms with Gasteiger partial charge >= 0.3 is 23.1 Å². The largest absolute Gasteiger partial charge is 2.00 e. The third kappa shape index (κ3) is 22.0. The summed E-state index contributed by atoms with van der Waals surface area (Å²) in [4.78, 5) is 0. The first-order valence-corrected chi connectivity index (χ1v) is 1.05. The van der Waals surface area contributed by atoms with Crippen molar-refractivity contribution in [2.24, 2.45) is 0 Å². The van der Waals surface area contributed by atoms with E-state index in [1.807, 2.05) is 0 Å². The first kappa shape index (κ1) is 15.9. The molecule has 0 atom stereocenters. The van der Waals surface area contributed by atoms with E-state index in [4.69, 9.17) is 0 Å². The molecule has 0 amide bonds. The van der Waals surface area contributed by atoms with E-state index in [0.29, 0.717) is 0 Å². The number of hydrogen-bond donors (Lipinski definition) is 0. The van der Waals surface area contributed by atoms with E-state index in [9.17, 15) is 0 Å². The standard InChI is InChI=1S/C4H5.BrH.Mg/c1-3-4-2;;/h3H,1-2H2;1H;/q-1;;+2/p-1. The molecule has 0 rings (SSSR count). The van der Waals surface area contributed by atoms with Gasteiger partial charge in [0.2, 0.25) is 0 Å². The molecule has 0 nitrogen and oxygen atoms in total. The van der Waals surface area contributed by atoms with Gasteiger partial charge in [-0.25, -0.2) is 12.7 Å². The van der Waals surface area contributed by atoms with Crippen LogP contribution in [0.2, 0.25) is 0 Å². The van der Waals surface area contributed by atoms with Crippen LogP contribution in [0, 0.1) is 6.08 Å². The molecule has 0 N–H and O–H groups in total. The molecular weight excluding hydrogens is 152 g/mol. The van der Waals surface area contributed by atoms with Gasteiger partial charge in [0, 0.05) is 0 Å². The number of halogens is 1. The molecule has 0 fully saturated rings. The molecule has 0 aliphatic heterocycles. The quantitative estimate of drug-likeness (QED) is 0.230. The third-order valence-corrected chi connectivity index (χ3v) is 0.144. The summed E-state index contributed by atoms with van der Waals surface area (Å²) in [7, 11) is 0. The average molecular weight is 157 g/mol. The van der Waals surface area contributed by atoms with Crippen LogP contribution in [0.1, 0.15) is 0 Å². The maximum Gasteiger partial charge on any atom is 2.00 e. The summed E-state index contributed by atoms with van der Waals surface area (Å²) in [5, 5.41) is 0. The molecule has 0 aliphatic carbocycles. The van der Waals surface area contributed by atoms with Gasteiger partial charge in [-0.3, -0.25) is 6.08 Å². The van der Waals surface area contributed by atoms with Crippen molar-refractivity contribution in [2.45, 2.75) is 0 Å². The Morgan fingerprint density at radius 2 is 1.67 bits per heavy atom. The van der Waals surface area contributed by atoms with Crippen LogP contribution < -0.4 is 17.0 Å². The molecule has 0 unspecified atom stereocenters. The zero-order valence-electron chi connectivity index (χ0n) is 3.58. The Morgan fingerprint density at radius 3 is 1.67 bits per heavy atom. The van der Waals surface area contributed by atoms with E-state index < -0.39 is 0 Å². The molecule has 0 bridgehead atoms. The van der Waals surface area contributed by atoms with Gasteiger partial charge in [-0.2, -0.15) is 6.58 Å². The van der Waals surface area contributed by atoms with Crippen molar-refractivity contribution in [1.82, 2.24) is 0 Å². The summed E-state index contributed by atoms with van der Waals surface area (Å²) in [5.74, 6) is 0. The van der Waals surface area contributed by atoms with Gasteiger partial charge in [0.1, 0.15) is 0 Å². The second-order valence-corrected chi connectivity index (χ2v) is 0.408. The summed E-state index contributed by atoms with van der Waals surface area (Å²) >= 11 is 0. The number of hydrogen-bond acceptors (Lipinski definition) is 0. The minimum absolute atomic E-state index is 0. The van der Waals surface area contributed by atoms with Crippen molar-refractivity contribution in [1.29, 1.82) is 0 Å². The summed E-state index contributed by atoms with van der Waals surface area (Å²) < 4.78 is 0. The molecule has 30 valence electrons. The SMILES string of the molecule is C=[C-]C=C.[Br-].[Mg+2]. The Kier molecular flexibility index (Phi) is 45.6. The van der Waals surface area contributed by atoms with Gasteiger partial charge in [-0.05, 0) is 0 Å². The predicted molar refractivity (Wildman–Crippen MR) is 24.8 cm³/mol. The van der Waals surface area contributed by atoms with Crippen LogP contribution in [0.5, 0.6) is 0 Å². The second-order valence-electron chi connectivity index (χ2n) is 0.408. The smallest absolute Gasteiger partial charge is 1.00 e. The van der Waals surface area contributed by atoms with Crippen LogP contribution in [0.3, 0.4) is 0 Å². The minimum Gasteiger partial charge on any atom is -1.00 e. The molecule has 0 aromatic heterocycles. The molecule has 0 aromatic carbocycles. The van der Waals surface area contributed by atoms with Gasteiger partial charge < -0.3 is 17.0 Å².